The molecular formula is C23H21N3O5. The molecule has 4 rings (SSSR count). The van der Waals surface area contributed by atoms with Gasteiger partial charge in [-0.3, -0.25) is 4.79 Å². The van der Waals surface area contributed by atoms with E-state index in [4.69, 9.17) is 9.47 Å². The minimum atomic E-state index is -1.67. The summed E-state index contributed by atoms with van der Waals surface area (Å²) >= 11 is 0. The van der Waals surface area contributed by atoms with E-state index in [-0.39, 0.29) is 12.1 Å². The summed E-state index contributed by atoms with van der Waals surface area (Å²) in [6.45, 7) is 0.461. The van der Waals surface area contributed by atoms with E-state index in [1.165, 1.54) is 12.0 Å². The van der Waals surface area contributed by atoms with E-state index in [0.717, 1.165) is 0 Å². The summed E-state index contributed by atoms with van der Waals surface area (Å²) in [5.74, 6) is 5.25. The molecule has 0 aliphatic carbocycles. The van der Waals surface area contributed by atoms with Crippen molar-refractivity contribution in [2.75, 3.05) is 27.8 Å². The van der Waals surface area contributed by atoms with E-state index in [1.54, 1.807) is 49.2 Å². The topological polar surface area (TPSA) is 93.9 Å². The fourth-order valence-corrected chi connectivity index (χ4v) is 3.53. The normalized spacial score (nSPS) is 18.1. The number of rotatable bonds is 3. The van der Waals surface area contributed by atoms with Gasteiger partial charge < -0.3 is 19.5 Å². The quantitative estimate of drug-likeness (QED) is 0.514. The molecule has 8 heteroatoms. The summed E-state index contributed by atoms with van der Waals surface area (Å²) in [7, 11) is 4.49. The maximum absolute atomic E-state index is 12.3. The van der Waals surface area contributed by atoms with E-state index < -0.39 is 17.5 Å². The van der Waals surface area contributed by atoms with Crippen LogP contribution in [-0.2, 0) is 9.53 Å². The molecule has 1 atom stereocenters. The molecule has 1 aliphatic heterocycles. The van der Waals surface area contributed by atoms with E-state index in [0.29, 0.717) is 34.4 Å². The number of fused-ring (bicyclic) bond motifs is 1. The van der Waals surface area contributed by atoms with Crippen LogP contribution in [0.4, 0.5) is 0 Å². The Morgan fingerprint density at radius 3 is 2.71 bits per heavy atom. The first-order chi connectivity index (χ1) is 14.9. The smallest absolute Gasteiger partial charge is 0.359 e. The molecule has 2 aromatic carbocycles. The molecule has 0 radical (unpaired) electrons. The van der Waals surface area contributed by atoms with Gasteiger partial charge in [0.25, 0.3) is 5.91 Å². The van der Waals surface area contributed by atoms with Crippen LogP contribution in [0.1, 0.15) is 22.5 Å². The number of nitrogens with zero attached hydrogens (tertiary/aromatic N) is 3. The number of aromatic nitrogens is 2. The van der Waals surface area contributed by atoms with Crippen LogP contribution >= 0.6 is 0 Å². The van der Waals surface area contributed by atoms with Crippen molar-refractivity contribution in [3.05, 3.63) is 53.7 Å². The molecule has 0 unspecified atom stereocenters. The number of benzene rings is 2. The Hall–Kier alpha value is -3.83. The van der Waals surface area contributed by atoms with Crippen LogP contribution < -0.4 is 4.74 Å². The Bertz CT molecular complexity index is 1250. The van der Waals surface area contributed by atoms with Gasteiger partial charge in [0.15, 0.2) is 5.69 Å². The zero-order valence-electron chi connectivity index (χ0n) is 17.4. The zero-order chi connectivity index (χ0) is 22.2. The number of carbonyl (C=O) groups excluding carboxylic acids is 2. The number of carbonyl (C=O) groups is 2. The lowest BCUT2D eigenvalue weighted by molar-refractivity contribution is -0.137. The molecule has 1 saturated heterocycles. The van der Waals surface area contributed by atoms with E-state index >= 15 is 0 Å². The molecule has 1 amide bonds. The number of hydrogen-bond donors (Lipinski definition) is 1. The van der Waals surface area contributed by atoms with Crippen molar-refractivity contribution in [1.29, 1.82) is 0 Å². The number of ether oxygens (including phenoxy) is 2. The third-order valence-electron chi connectivity index (χ3n) is 5.28. The first-order valence-corrected chi connectivity index (χ1v) is 9.63. The van der Waals surface area contributed by atoms with Gasteiger partial charge in [0.05, 0.1) is 25.4 Å². The lowest BCUT2D eigenvalue weighted by Gasteiger charge is -2.13. The largest absolute Gasteiger partial charge is 0.497 e. The second-order valence-electron chi connectivity index (χ2n) is 7.27. The Balaban J connectivity index is 1.78. The van der Waals surface area contributed by atoms with E-state index in [1.807, 2.05) is 12.1 Å². The Morgan fingerprint density at radius 2 is 2.03 bits per heavy atom. The van der Waals surface area contributed by atoms with Gasteiger partial charge in [-0.1, -0.05) is 17.9 Å². The van der Waals surface area contributed by atoms with Gasteiger partial charge in [0.1, 0.15) is 5.75 Å². The summed E-state index contributed by atoms with van der Waals surface area (Å²) in [4.78, 5) is 25.9. The van der Waals surface area contributed by atoms with E-state index in [2.05, 4.69) is 16.9 Å². The van der Waals surface area contributed by atoms with Gasteiger partial charge in [-0.25, -0.2) is 9.48 Å². The maximum Gasteiger partial charge on any atom is 0.359 e. The van der Waals surface area contributed by atoms with Gasteiger partial charge in [-0.2, -0.15) is 5.10 Å². The van der Waals surface area contributed by atoms with Crippen molar-refractivity contribution in [3.63, 3.8) is 0 Å². The number of hydrogen-bond acceptors (Lipinski definition) is 6. The molecule has 1 aromatic heterocycles. The summed E-state index contributed by atoms with van der Waals surface area (Å²) in [5.41, 5.74) is 0.459. The second kappa shape index (κ2) is 7.78. The van der Waals surface area contributed by atoms with Crippen LogP contribution in [0.2, 0.25) is 0 Å². The van der Waals surface area contributed by atoms with Crippen LogP contribution in [0.15, 0.2) is 42.5 Å². The molecule has 0 bridgehead atoms. The molecule has 1 aliphatic rings. The van der Waals surface area contributed by atoms with Crippen molar-refractivity contribution in [2.45, 2.75) is 12.0 Å². The van der Waals surface area contributed by atoms with Crippen molar-refractivity contribution < 1.29 is 24.2 Å². The highest BCUT2D eigenvalue weighted by atomic mass is 16.5. The predicted molar refractivity (Wildman–Crippen MR) is 113 cm³/mol. The van der Waals surface area contributed by atoms with Crippen LogP contribution in [0.25, 0.3) is 16.6 Å². The number of methoxy groups -OCH3 is 2. The van der Waals surface area contributed by atoms with Crippen molar-refractivity contribution in [2.24, 2.45) is 0 Å². The molecule has 1 fully saturated rings. The minimum Gasteiger partial charge on any atom is -0.497 e. The van der Waals surface area contributed by atoms with Gasteiger partial charge in [0.2, 0.25) is 5.60 Å². The molecule has 8 nitrogen and oxygen atoms in total. The van der Waals surface area contributed by atoms with Gasteiger partial charge >= 0.3 is 5.97 Å². The fraction of sp³-hybridized carbons (Fsp3) is 0.261. The van der Waals surface area contributed by atoms with Gasteiger partial charge in [-0.05, 0) is 36.4 Å². The predicted octanol–water partition coefficient (Wildman–Crippen LogP) is 1.77. The fourth-order valence-electron chi connectivity index (χ4n) is 3.53. The Labute approximate surface area is 179 Å². The number of esters is 1. The highest BCUT2D eigenvalue weighted by Gasteiger charge is 2.42. The van der Waals surface area contributed by atoms with Crippen molar-refractivity contribution in [1.82, 2.24) is 14.7 Å². The molecule has 1 N–H and O–H groups in total. The molecule has 2 heterocycles. The lowest BCUT2D eigenvalue weighted by Crippen LogP contribution is -2.37. The highest BCUT2D eigenvalue weighted by Crippen LogP contribution is 2.27. The van der Waals surface area contributed by atoms with Crippen LogP contribution in [0.5, 0.6) is 5.75 Å². The maximum atomic E-state index is 12.3. The number of likely N-dealkylation sites (tertiary alicyclic amines) is 1. The summed E-state index contributed by atoms with van der Waals surface area (Å²) in [6.07, 6.45) is 0.267. The first-order valence-electron chi connectivity index (χ1n) is 9.63. The Morgan fingerprint density at radius 1 is 1.23 bits per heavy atom. The summed E-state index contributed by atoms with van der Waals surface area (Å²) in [6, 6.07) is 12.5. The van der Waals surface area contributed by atoms with Crippen molar-refractivity contribution in [3.8, 4) is 23.3 Å². The highest BCUT2D eigenvalue weighted by molar-refractivity contribution is 6.03. The summed E-state index contributed by atoms with van der Waals surface area (Å²) < 4.78 is 11.8. The number of amides is 1. The average molecular weight is 419 g/mol. The molecule has 0 saturated carbocycles. The molecular weight excluding hydrogens is 398 g/mol. The first kappa shape index (κ1) is 20.4. The SMILES string of the molecule is COC(=O)c1nn(-c2cccc(C#C[C@]3(O)CCN(C)C3=O)c2)c2ccc(OC)cc12. The molecule has 3 aromatic rings. The van der Waals surface area contributed by atoms with E-state index in [9.17, 15) is 14.7 Å². The third-order valence-corrected chi connectivity index (χ3v) is 5.28. The van der Waals surface area contributed by atoms with Crippen LogP contribution in [-0.4, -0.2) is 65.1 Å². The van der Waals surface area contributed by atoms with Gasteiger partial charge in [0, 0.05) is 31.0 Å². The molecule has 158 valence electrons. The van der Waals surface area contributed by atoms with Crippen LogP contribution in [0.3, 0.4) is 0 Å². The van der Waals surface area contributed by atoms with Crippen LogP contribution in [0, 0.1) is 11.8 Å². The minimum absolute atomic E-state index is 0.168. The summed E-state index contributed by atoms with van der Waals surface area (Å²) in [5, 5.41) is 15.6. The second-order valence-corrected chi connectivity index (χ2v) is 7.27. The average Bonchev–Trinajstić information content (AvgIpc) is 3.30. The number of aliphatic hydroxyl groups is 1. The Kier molecular flexibility index (Phi) is 5.13. The number of likely N-dealkylation sites (N-methyl/N-ethyl adjacent to an activating group) is 1. The third kappa shape index (κ3) is 3.60. The molecule has 31 heavy (non-hydrogen) atoms. The monoisotopic (exact) mass is 419 g/mol. The molecule has 0 spiro atoms. The zero-order valence-corrected chi connectivity index (χ0v) is 17.4. The standard InChI is InChI=1S/C23H21N3O5/c1-25-12-11-23(29,22(25)28)10-9-15-5-4-6-16(13-15)26-19-8-7-17(30-2)14-18(19)20(24-26)21(27)31-3/h4-8,13-14,29H,11-12H2,1-3H3/t23-/m0/s1. The van der Waals surface area contributed by atoms with Gasteiger partial charge in [-0.15, -0.1) is 0 Å². The van der Waals surface area contributed by atoms with Crippen molar-refractivity contribution >= 4 is 22.8 Å². The lowest BCUT2D eigenvalue weighted by atomic mass is 10.0.